The second-order valence-electron chi connectivity index (χ2n) is 30.5. The zero-order valence-corrected chi connectivity index (χ0v) is 70.0. The number of Topliss-reactive ketones (excluding diaryl/α,β-unsaturated/α-hetero) is 5. The lowest BCUT2D eigenvalue weighted by molar-refractivity contribution is -0.142. The van der Waals surface area contributed by atoms with E-state index in [1.54, 1.807) is 86.0 Å². The number of aliphatic hydroxyl groups excluding tert-OH is 1. The van der Waals surface area contributed by atoms with E-state index >= 15 is 28.8 Å². The third kappa shape index (κ3) is 31.6. The number of ether oxygens (including phenoxy) is 2. The summed E-state index contributed by atoms with van der Waals surface area (Å²) in [4.78, 5) is 254. The molecule has 122 heavy (non-hydrogen) atoms. The number of para-hydroxylation sites is 1. The smallest absolute Gasteiger partial charge is 0.303 e. The maximum atomic E-state index is 15.9. The van der Waals surface area contributed by atoms with E-state index in [0.717, 1.165) is 29.5 Å². The van der Waals surface area contributed by atoms with Crippen molar-refractivity contribution in [1.29, 1.82) is 0 Å². The molecule has 12 unspecified atom stereocenters. The highest BCUT2D eigenvalue weighted by Crippen LogP contribution is 2.31. The largest absolute Gasteiger partial charge is 0.492 e. The molecule has 1 aromatic heterocycles. The first-order valence-corrected chi connectivity index (χ1v) is 41.8. The van der Waals surface area contributed by atoms with Gasteiger partial charge in [-0.05, 0) is 104 Å². The second kappa shape index (κ2) is 49.2. The van der Waals surface area contributed by atoms with E-state index in [0.29, 0.717) is 39.9 Å². The van der Waals surface area contributed by atoms with Gasteiger partial charge in [0.2, 0.25) is 70.9 Å². The fourth-order valence-electron chi connectivity index (χ4n) is 14.4. The Morgan fingerprint density at radius 1 is 0.639 bits per heavy atom. The highest BCUT2D eigenvalue weighted by molar-refractivity contribution is 7.99. The number of aromatic nitrogens is 1. The van der Waals surface area contributed by atoms with Gasteiger partial charge in [0, 0.05) is 144 Å². The molecular formula is C85H114N14O22S. The summed E-state index contributed by atoms with van der Waals surface area (Å²) in [5.41, 5.74) is 27.6. The maximum Gasteiger partial charge on any atom is 0.303 e. The zero-order chi connectivity index (χ0) is 89.9. The molecule has 37 heteroatoms. The number of ketones is 5. The van der Waals surface area contributed by atoms with Gasteiger partial charge in [-0.15, -0.1) is 0 Å². The van der Waals surface area contributed by atoms with Crippen LogP contribution in [0.1, 0.15) is 147 Å². The number of benzene rings is 4. The molecule has 662 valence electrons. The van der Waals surface area contributed by atoms with Crippen molar-refractivity contribution in [3.8, 4) is 5.75 Å². The van der Waals surface area contributed by atoms with Crippen LogP contribution in [-0.4, -0.2) is 214 Å². The molecule has 12 atom stereocenters. The number of nitrogens with two attached hydrogens (primary N) is 5. The Balaban J connectivity index is 0.0000114. The lowest BCUT2D eigenvalue weighted by Crippen LogP contribution is -2.59. The number of aromatic amines is 1. The zero-order valence-electron chi connectivity index (χ0n) is 69.2. The van der Waals surface area contributed by atoms with Crippen LogP contribution in [-0.2, 0) is 110 Å². The minimum Gasteiger partial charge on any atom is -0.492 e. The molecule has 7 rings (SSSR count). The molecule has 2 aliphatic rings. The Bertz CT molecular complexity index is 4570. The molecule has 2 saturated heterocycles. The normalized spacial score (nSPS) is 19.5. The number of carbonyl (C=O) groups is 18. The number of amides is 12. The molecule has 36 nitrogen and oxygen atoms in total. The monoisotopic (exact) mass is 1710 g/mol. The van der Waals surface area contributed by atoms with Crippen LogP contribution >= 0.6 is 11.8 Å². The molecule has 0 spiro atoms. The molecule has 12 amide bonds. The van der Waals surface area contributed by atoms with Crippen LogP contribution in [0.3, 0.4) is 0 Å². The molecule has 21 N–H and O–H groups in total. The van der Waals surface area contributed by atoms with Gasteiger partial charge in [0.05, 0.1) is 48.5 Å². The van der Waals surface area contributed by atoms with Gasteiger partial charge in [0.1, 0.15) is 30.0 Å². The summed E-state index contributed by atoms with van der Waals surface area (Å²) >= 11 is 1.02. The summed E-state index contributed by atoms with van der Waals surface area (Å²) in [5, 5.41) is 44.7. The molecular weight excluding hydrogens is 1600 g/mol. The van der Waals surface area contributed by atoms with E-state index in [4.69, 9.17) is 38.1 Å². The van der Waals surface area contributed by atoms with Gasteiger partial charge in [-0.2, -0.15) is 11.8 Å². The summed E-state index contributed by atoms with van der Waals surface area (Å²) in [5.74, 6) is -24.5. The van der Waals surface area contributed by atoms with Crippen LogP contribution in [0.25, 0.3) is 21.7 Å². The summed E-state index contributed by atoms with van der Waals surface area (Å²) in [6.07, 6.45) is -9.74. The summed E-state index contributed by atoms with van der Waals surface area (Å²) < 4.78 is 11.6. The average Bonchev–Trinajstić information content (AvgIpc) is 0.953. The minimum absolute atomic E-state index is 0.0589. The van der Waals surface area contributed by atoms with Crippen molar-refractivity contribution >= 4 is 139 Å². The first kappa shape index (κ1) is 99.0. The highest BCUT2D eigenvalue weighted by Gasteiger charge is 2.46. The Morgan fingerprint density at radius 2 is 1.27 bits per heavy atom. The average molecular weight is 1720 g/mol. The van der Waals surface area contributed by atoms with Crippen molar-refractivity contribution in [2.24, 2.45) is 58.3 Å². The number of rotatable bonds is 41. The van der Waals surface area contributed by atoms with Crippen molar-refractivity contribution in [3.63, 3.8) is 0 Å². The van der Waals surface area contributed by atoms with E-state index in [1.807, 2.05) is 32.0 Å². The first-order valence-electron chi connectivity index (χ1n) is 40.6. The van der Waals surface area contributed by atoms with Crippen LogP contribution < -0.4 is 75.9 Å². The predicted molar refractivity (Wildman–Crippen MR) is 448 cm³/mol. The van der Waals surface area contributed by atoms with E-state index in [-0.39, 0.29) is 76.3 Å². The minimum atomic E-state index is -1.91. The molecule has 0 radical (unpaired) electrons. The molecule has 2 fully saturated rings. The lowest BCUT2D eigenvalue weighted by Gasteiger charge is -2.38. The molecule has 0 bridgehead atoms. The molecule has 4 aromatic carbocycles. The molecule has 5 aromatic rings. The van der Waals surface area contributed by atoms with Gasteiger partial charge in [-0.1, -0.05) is 86.6 Å². The Labute approximate surface area is 709 Å². The summed E-state index contributed by atoms with van der Waals surface area (Å²) in [6.45, 7) is 6.75. The number of carbonyl (C=O) groups excluding carboxylic acids is 17. The number of hydrogen-bond acceptors (Lipinski definition) is 23. The van der Waals surface area contributed by atoms with Gasteiger partial charge in [-0.25, -0.2) is 0 Å². The van der Waals surface area contributed by atoms with Crippen molar-refractivity contribution in [2.75, 3.05) is 44.9 Å². The van der Waals surface area contributed by atoms with E-state index in [1.165, 1.54) is 6.92 Å². The Morgan fingerprint density at radius 3 is 1.91 bits per heavy atom. The van der Waals surface area contributed by atoms with E-state index in [2.05, 4.69) is 47.5 Å². The lowest BCUT2D eigenvalue weighted by atomic mass is 9.79. The number of carboxylic acids is 1. The summed E-state index contributed by atoms with van der Waals surface area (Å²) in [6, 6.07) is 16.2. The number of aliphatic carboxylic acids is 1. The van der Waals surface area contributed by atoms with Crippen molar-refractivity contribution in [2.45, 2.75) is 198 Å². The van der Waals surface area contributed by atoms with E-state index < -0.39 is 260 Å². The van der Waals surface area contributed by atoms with Crippen LogP contribution in [0.4, 0.5) is 0 Å². The SMILES string of the molecule is CC.CNCCOc1ccc(CC(NC(=O)C2CSCCC(NC(C)=O)C(=O)CC(CCC(N)=O)C(=O)NC(C(C)O)C(=O)NC(Cc3c[nH]c4ccccc34)C(=O)NC(CCC(N)=O)C(=O)C2)C(=O)CC(Cc2ccc3ccccc3c2)C(=O)NC2(C(=O)CC(CCC(=O)O)C(=O)NC(CC(N)=O)C(=O)CC(CC(N)=O)C(N)=O)CCOCC2)cc1. The third-order valence-corrected chi connectivity index (χ3v) is 22.3. The molecule has 3 heterocycles. The van der Waals surface area contributed by atoms with Crippen molar-refractivity contribution in [1.82, 2.24) is 47.5 Å². The number of nitrogens with one attached hydrogen (secondary N) is 9. The van der Waals surface area contributed by atoms with Gasteiger partial charge in [0.15, 0.2) is 28.9 Å². The Kier molecular flexibility index (Phi) is 39.9. The first-order chi connectivity index (χ1) is 58.0. The number of aliphatic hydroxyl groups is 1. The van der Waals surface area contributed by atoms with Gasteiger partial charge in [0.25, 0.3) is 0 Å². The topological polar surface area (TPSA) is 608 Å². The fourth-order valence-corrected chi connectivity index (χ4v) is 15.6. The van der Waals surface area contributed by atoms with Gasteiger partial charge in [-0.3, -0.25) is 86.3 Å². The maximum absolute atomic E-state index is 15.9. The number of thioether (sulfide) groups is 1. The van der Waals surface area contributed by atoms with Crippen LogP contribution in [0.15, 0.2) is 97.2 Å². The fraction of sp³-hybridized carbons (Fsp3) is 0.506. The van der Waals surface area contributed by atoms with Gasteiger partial charge < -0.3 is 95.9 Å². The number of fused-ring (bicyclic) bond motifs is 2. The third-order valence-electron chi connectivity index (χ3n) is 21.2. The Hall–Kier alpha value is -11.8. The highest BCUT2D eigenvalue weighted by atomic mass is 32.2. The number of primary amides is 5. The molecule has 0 aliphatic carbocycles. The van der Waals surface area contributed by atoms with Crippen molar-refractivity contribution in [3.05, 3.63) is 114 Å². The van der Waals surface area contributed by atoms with Gasteiger partial charge >= 0.3 is 5.97 Å². The van der Waals surface area contributed by atoms with Crippen LogP contribution in [0.2, 0.25) is 0 Å². The number of likely N-dealkylation sites (N-methyl/N-ethyl adjacent to an activating group) is 1. The molecule has 0 saturated carbocycles. The quantitative estimate of drug-likeness (QED) is 0.0238. The number of hydrogen-bond donors (Lipinski definition) is 16. The number of H-pyrrole nitrogens is 1. The summed E-state index contributed by atoms with van der Waals surface area (Å²) in [7, 11) is 1.73. The standard InChI is InChI=1S/C83H108N14O22S.C2H6/c1-45(98)75-82(117)95-64(35-55-43-90-59-11-7-6-10-58(55)59)81(116)92-60(20-22-71(85)106)66(101)39-56(44-120-31-24-61(91-46(2)99)65(100)36-51(78(113)96-75)16-21-70(84)105)79(114)93-62(34-47-13-18-57(19-14-47)119-30-27-89-3)68(103)38-54(33-48-12-15-49-8-4-5-9-50(49)32-48)80(115)97-83(25-28-118-29-26-83)69(104)40-52(17-23-74(109)110)77(112)94-63(42-73(87)108)67(102)37-53(76(88)111)41-72(86)107;1-2/h4-15,18-19,32,43,45,51-54,56,60-64,75,89-90,98H,16-17,20-31,33-42,44H2,1-3H3,(H2,84,105)(H2,85,106)(H2,86,107)(H2,87,108)(H2,88,111)(H,91,99)(H,92,116)(H,93,114)(H,94,112)(H,95,117)(H,96,113)(H,97,115)(H,109,110);1-2H3. The number of carboxylic acid groups (broad SMARTS) is 1. The predicted octanol–water partition coefficient (Wildman–Crippen LogP) is 0.594. The molecule has 2 aliphatic heterocycles. The van der Waals surface area contributed by atoms with Crippen LogP contribution in [0, 0.1) is 29.6 Å². The van der Waals surface area contributed by atoms with Crippen LogP contribution in [0.5, 0.6) is 5.75 Å². The second-order valence-corrected chi connectivity index (χ2v) is 31.7. The van der Waals surface area contributed by atoms with Crippen molar-refractivity contribution < 1.29 is 106 Å². The van der Waals surface area contributed by atoms with E-state index in [9.17, 15) is 67.7 Å².